The molecule has 0 amide bonds. The number of nitrogens with one attached hydrogen (secondary N) is 1. The van der Waals surface area contributed by atoms with Gasteiger partial charge >= 0.3 is 0 Å². The molecular weight excluding hydrogens is 348 g/mol. The summed E-state index contributed by atoms with van der Waals surface area (Å²) in [4.78, 5) is 8.49. The van der Waals surface area contributed by atoms with E-state index in [0.717, 1.165) is 16.5 Å². The Balaban J connectivity index is 1.61. The monoisotopic (exact) mass is 370 g/mol. The fourth-order valence-electron chi connectivity index (χ4n) is 3.05. The third kappa shape index (κ3) is 3.60. The molecule has 1 heterocycles. The van der Waals surface area contributed by atoms with Crippen LogP contribution in [0.4, 0.5) is 17.2 Å². The van der Waals surface area contributed by atoms with Crippen molar-refractivity contribution in [2.24, 2.45) is 0 Å². The summed E-state index contributed by atoms with van der Waals surface area (Å²) in [5, 5.41) is 5.54. The van der Waals surface area contributed by atoms with Gasteiger partial charge in [0.05, 0.1) is 0 Å². The Labute approximate surface area is 164 Å². The summed E-state index contributed by atoms with van der Waals surface area (Å²) in [6.07, 6.45) is 1.45. The van der Waals surface area contributed by atoms with Gasteiger partial charge in [0, 0.05) is 11.1 Å². The van der Waals surface area contributed by atoms with E-state index in [1.54, 1.807) is 0 Å². The molecule has 0 spiro atoms. The summed E-state index contributed by atoms with van der Waals surface area (Å²) in [6.45, 7) is 4.31. The molecule has 5 heteroatoms. The molecule has 3 aromatic carbocycles. The first-order valence-corrected chi connectivity index (χ1v) is 9.25. The average molecular weight is 370 g/mol. The number of anilines is 3. The molecule has 0 saturated heterocycles. The Kier molecular flexibility index (Phi) is 4.81. The summed E-state index contributed by atoms with van der Waals surface area (Å²) in [5.74, 6) is 2.00. The second-order valence-corrected chi connectivity index (χ2v) is 6.92. The third-order valence-electron chi connectivity index (χ3n) is 4.65. The van der Waals surface area contributed by atoms with E-state index in [-0.39, 0.29) is 0 Å². The van der Waals surface area contributed by atoms with Gasteiger partial charge in [-0.15, -0.1) is 0 Å². The average Bonchev–Trinajstić information content (AvgIpc) is 2.71. The number of rotatable bonds is 5. The van der Waals surface area contributed by atoms with Crippen molar-refractivity contribution in [1.29, 1.82) is 0 Å². The molecule has 0 fully saturated rings. The molecule has 1 aromatic heterocycles. The van der Waals surface area contributed by atoms with Gasteiger partial charge in [-0.05, 0) is 35.1 Å². The number of nitrogens with zero attached hydrogens (tertiary/aromatic N) is 2. The van der Waals surface area contributed by atoms with E-state index in [4.69, 9.17) is 10.5 Å². The van der Waals surface area contributed by atoms with Gasteiger partial charge in [-0.25, -0.2) is 4.98 Å². The molecular formula is C23H22N4O. The minimum atomic E-state index is 0.329. The summed E-state index contributed by atoms with van der Waals surface area (Å²) in [6, 6.07) is 22.2. The summed E-state index contributed by atoms with van der Waals surface area (Å²) in [5.41, 5.74) is 8.83. The molecule has 0 aliphatic carbocycles. The van der Waals surface area contributed by atoms with Crippen LogP contribution in [-0.2, 0) is 0 Å². The lowest BCUT2D eigenvalue weighted by molar-refractivity contribution is 0.464. The molecule has 5 nitrogen and oxygen atoms in total. The van der Waals surface area contributed by atoms with Gasteiger partial charge < -0.3 is 15.8 Å². The quantitative estimate of drug-likeness (QED) is 0.459. The van der Waals surface area contributed by atoms with Crippen LogP contribution >= 0.6 is 0 Å². The van der Waals surface area contributed by atoms with E-state index >= 15 is 0 Å². The summed E-state index contributed by atoms with van der Waals surface area (Å²) < 4.78 is 5.89. The first-order valence-electron chi connectivity index (χ1n) is 9.25. The number of nitrogen functional groups attached to an aromatic ring is 1. The van der Waals surface area contributed by atoms with Crippen molar-refractivity contribution < 1.29 is 4.74 Å². The predicted molar refractivity (Wildman–Crippen MR) is 114 cm³/mol. The number of nitrogens with two attached hydrogens (primary N) is 1. The van der Waals surface area contributed by atoms with Crippen molar-refractivity contribution in [3.8, 4) is 11.6 Å². The molecule has 0 aliphatic heterocycles. The maximum Gasteiger partial charge on any atom is 0.248 e. The van der Waals surface area contributed by atoms with Gasteiger partial charge in [0.25, 0.3) is 0 Å². The highest BCUT2D eigenvalue weighted by molar-refractivity contribution is 5.96. The predicted octanol–water partition coefficient (Wildman–Crippen LogP) is 5.87. The standard InChI is InChI=1S/C23H22N4O/c1-15(2)16-10-12-18(13-11-16)28-23-21(24)22(25-14-26-23)27-20-9-5-7-17-6-3-4-8-19(17)20/h3-15H,24H2,1-2H3,(H,25,26,27). The first-order chi connectivity index (χ1) is 13.6. The van der Waals surface area contributed by atoms with Gasteiger partial charge in [0.2, 0.25) is 5.88 Å². The number of hydrogen-bond acceptors (Lipinski definition) is 5. The van der Waals surface area contributed by atoms with Crippen molar-refractivity contribution in [2.45, 2.75) is 19.8 Å². The zero-order valence-corrected chi connectivity index (χ0v) is 15.9. The Morgan fingerprint density at radius 3 is 2.43 bits per heavy atom. The van der Waals surface area contributed by atoms with E-state index in [1.807, 2.05) is 48.5 Å². The molecule has 4 aromatic rings. The van der Waals surface area contributed by atoms with E-state index in [0.29, 0.717) is 29.1 Å². The van der Waals surface area contributed by atoms with Gasteiger partial charge in [-0.2, -0.15) is 4.98 Å². The number of ether oxygens (including phenoxy) is 1. The lowest BCUT2D eigenvalue weighted by atomic mass is 10.0. The van der Waals surface area contributed by atoms with Gasteiger partial charge in [0.1, 0.15) is 17.8 Å². The maximum absolute atomic E-state index is 6.29. The van der Waals surface area contributed by atoms with Crippen molar-refractivity contribution in [3.05, 3.63) is 78.6 Å². The lowest BCUT2D eigenvalue weighted by Crippen LogP contribution is -2.03. The molecule has 0 saturated carbocycles. The van der Waals surface area contributed by atoms with Crippen LogP contribution in [0.2, 0.25) is 0 Å². The summed E-state index contributed by atoms with van der Waals surface area (Å²) >= 11 is 0. The maximum atomic E-state index is 6.29. The molecule has 0 radical (unpaired) electrons. The number of hydrogen-bond donors (Lipinski definition) is 2. The van der Waals surface area contributed by atoms with Crippen molar-refractivity contribution in [3.63, 3.8) is 0 Å². The fourth-order valence-corrected chi connectivity index (χ4v) is 3.05. The van der Waals surface area contributed by atoms with E-state index in [1.165, 1.54) is 11.9 Å². The van der Waals surface area contributed by atoms with Crippen LogP contribution in [0.3, 0.4) is 0 Å². The molecule has 3 N–H and O–H groups in total. The van der Waals surface area contributed by atoms with Gasteiger partial charge in [-0.3, -0.25) is 0 Å². The van der Waals surface area contributed by atoms with Crippen molar-refractivity contribution in [2.75, 3.05) is 11.1 Å². The number of fused-ring (bicyclic) bond motifs is 1. The van der Waals surface area contributed by atoms with Crippen LogP contribution in [0.5, 0.6) is 11.6 Å². The lowest BCUT2D eigenvalue weighted by Gasteiger charge is -2.13. The second kappa shape index (κ2) is 7.56. The largest absolute Gasteiger partial charge is 0.437 e. The third-order valence-corrected chi connectivity index (χ3v) is 4.65. The Morgan fingerprint density at radius 2 is 1.64 bits per heavy atom. The zero-order valence-electron chi connectivity index (χ0n) is 15.9. The highest BCUT2D eigenvalue weighted by Crippen LogP contribution is 2.33. The van der Waals surface area contributed by atoms with E-state index in [2.05, 4.69) is 47.3 Å². The Hall–Kier alpha value is -3.60. The molecule has 4 rings (SSSR count). The van der Waals surface area contributed by atoms with Crippen molar-refractivity contribution >= 4 is 28.0 Å². The molecule has 0 atom stereocenters. The van der Waals surface area contributed by atoms with Gasteiger partial charge in [-0.1, -0.05) is 62.4 Å². The zero-order chi connectivity index (χ0) is 19.5. The molecule has 0 bridgehead atoms. The van der Waals surface area contributed by atoms with Crippen LogP contribution < -0.4 is 15.8 Å². The minimum absolute atomic E-state index is 0.329. The SMILES string of the molecule is CC(C)c1ccc(Oc2ncnc(Nc3cccc4ccccc34)c2N)cc1. The summed E-state index contributed by atoms with van der Waals surface area (Å²) in [7, 11) is 0. The molecule has 0 unspecified atom stereocenters. The highest BCUT2D eigenvalue weighted by atomic mass is 16.5. The molecule has 0 aliphatic rings. The second-order valence-electron chi connectivity index (χ2n) is 6.92. The first kappa shape index (κ1) is 17.8. The van der Waals surface area contributed by atoms with E-state index < -0.39 is 0 Å². The van der Waals surface area contributed by atoms with Gasteiger partial charge in [0.15, 0.2) is 5.82 Å². The fraction of sp³-hybridized carbons (Fsp3) is 0.130. The number of aromatic nitrogens is 2. The molecule has 28 heavy (non-hydrogen) atoms. The minimum Gasteiger partial charge on any atom is -0.437 e. The van der Waals surface area contributed by atoms with E-state index in [9.17, 15) is 0 Å². The Morgan fingerprint density at radius 1 is 0.893 bits per heavy atom. The smallest absolute Gasteiger partial charge is 0.248 e. The van der Waals surface area contributed by atoms with Crippen LogP contribution in [0.1, 0.15) is 25.3 Å². The molecule has 140 valence electrons. The van der Waals surface area contributed by atoms with Crippen LogP contribution in [0.25, 0.3) is 10.8 Å². The van der Waals surface area contributed by atoms with Crippen LogP contribution in [0.15, 0.2) is 73.1 Å². The number of benzene rings is 3. The highest BCUT2D eigenvalue weighted by Gasteiger charge is 2.12. The normalized spacial score (nSPS) is 11.0. The Bertz CT molecular complexity index is 1100. The van der Waals surface area contributed by atoms with Crippen molar-refractivity contribution in [1.82, 2.24) is 9.97 Å². The topological polar surface area (TPSA) is 73.1 Å². The van der Waals surface area contributed by atoms with Crippen LogP contribution in [0, 0.1) is 0 Å². The van der Waals surface area contributed by atoms with Crippen LogP contribution in [-0.4, -0.2) is 9.97 Å².